The third kappa shape index (κ3) is 5.71. The number of benzene rings is 1. The van der Waals surface area contributed by atoms with E-state index in [0.29, 0.717) is 24.9 Å². The van der Waals surface area contributed by atoms with E-state index in [1.165, 1.54) is 0 Å². The fourth-order valence-electron chi connectivity index (χ4n) is 1.79. The van der Waals surface area contributed by atoms with Crippen molar-refractivity contribution in [3.8, 4) is 0 Å². The lowest BCUT2D eigenvalue weighted by Crippen LogP contribution is -2.26. The first-order chi connectivity index (χ1) is 9.52. The normalized spacial score (nSPS) is 11.7. The summed E-state index contributed by atoms with van der Waals surface area (Å²) in [6.07, 6.45) is 1.72. The highest BCUT2D eigenvalue weighted by Gasteiger charge is 2.09. The van der Waals surface area contributed by atoms with Crippen molar-refractivity contribution in [2.75, 3.05) is 11.9 Å². The van der Waals surface area contributed by atoms with E-state index in [4.69, 9.17) is 10.8 Å². The van der Waals surface area contributed by atoms with Crippen molar-refractivity contribution in [3.63, 3.8) is 0 Å². The Balaban J connectivity index is 2.48. The first-order valence-corrected chi connectivity index (χ1v) is 6.59. The number of carbonyl (C=O) groups excluding carboxylic acids is 2. The Kier molecular flexibility index (Phi) is 6.52. The molecule has 0 aromatic heterocycles. The molecule has 0 heterocycles. The highest BCUT2D eigenvalue weighted by atomic mass is 16.3. The first-order valence-electron chi connectivity index (χ1n) is 6.59. The molecule has 20 heavy (non-hydrogen) atoms. The summed E-state index contributed by atoms with van der Waals surface area (Å²) in [5.41, 5.74) is 6.58. The van der Waals surface area contributed by atoms with Crippen LogP contribution in [-0.2, 0) is 4.79 Å². The molecule has 1 rings (SSSR count). The van der Waals surface area contributed by atoms with Crippen molar-refractivity contribution in [1.29, 1.82) is 0 Å². The molecule has 0 saturated carbocycles. The Bertz CT molecular complexity index is 445. The molecule has 0 aliphatic carbocycles. The maximum atomic E-state index is 11.6. The van der Waals surface area contributed by atoms with E-state index in [1.807, 2.05) is 19.1 Å². The van der Waals surface area contributed by atoms with Gasteiger partial charge in [0, 0.05) is 18.7 Å². The number of hydrogen-bond acceptors (Lipinski definition) is 3. The van der Waals surface area contributed by atoms with Gasteiger partial charge < -0.3 is 21.5 Å². The lowest BCUT2D eigenvalue weighted by atomic mass is 10.1. The summed E-state index contributed by atoms with van der Waals surface area (Å²) in [5.74, 6) is -0.0368. The van der Waals surface area contributed by atoms with Crippen molar-refractivity contribution < 1.29 is 14.7 Å². The SMILES string of the molecule is CC(NC(=O)CCCCO)c1ccc(NC(N)=O)cc1. The highest BCUT2D eigenvalue weighted by molar-refractivity contribution is 5.87. The third-order valence-electron chi connectivity index (χ3n) is 2.87. The molecule has 0 aliphatic heterocycles. The average Bonchev–Trinajstić information content (AvgIpc) is 2.39. The van der Waals surface area contributed by atoms with Crippen LogP contribution in [0.5, 0.6) is 0 Å². The van der Waals surface area contributed by atoms with Crippen LogP contribution in [0.15, 0.2) is 24.3 Å². The van der Waals surface area contributed by atoms with E-state index in [1.54, 1.807) is 12.1 Å². The van der Waals surface area contributed by atoms with E-state index in [9.17, 15) is 9.59 Å². The summed E-state index contributed by atoms with van der Waals surface area (Å²) in [7, 11) is 0. The van der Waals surface area contributed by atoms with Gasteiger partial charge in [-0.2, -0.15) is 0 Å². The highest BCUT2D eigenvalue weighted by Crippen LogP contribution is 2.16. The zero-order valence-electron chi connectivity index (χ0n) is 11.6. The molecule has 1 unspecified atom stereocenters. The maximum absolute atomic E-state index is 11.6. The summed E-state index contributed by atoms with van der Waals surface area (Å²) in [6, 6.07) is 6.39. The van der Waals surface area contributed by atoms with Crippen LogP contribution in [0.3, 0.4) is 0 Å². The van der Waals surface area contributed by atoms with Crippen LogP contribution in [0, 0.1) is 0 Å². The van der Waals surface area contributed by atoms with Gasteiger partial charge in [-0.15, -0.1) is 0 Å². The van der Waals surface area contributed by atoms with Crippen molar-refractivity contribution in [1.82, 2.24) is 5.32 Å². The Morgan fingerprint density at radius 2 is 1.90 bits per heavy atom. The van der Waals surface area contributed by atoms with Crippen LogP contribution in [0.2, 0.25) is 0 Å². The molecule has 1 aromatic carbocycles. The number of anilines is 1. The van der Waals surface area contributed by atoms with E-state index < -0.39 is 6.03 Å². The molecular weight excluding hydrogens is 258 g/mol. The number of aliphatic hydroxyl groups is 1. The first kappa shape index (κ1) is 16.0. The van der Waals surface area contributed by atoms with Crippen LogP contribution in [0.1, 0.15) is 37.8 Å². The Morgan fingerprint density at radius 3 is 2.45 bits per heavy atom. The number of rotatable bonds is 7. The molecule has 0 aliphatic rings. The minimum Gasteiger partial charge on any atom is -0.396 e. The molecule has 110 valence electrons. The Morgan fingerprint density at radius 1 is 1.25 bits per heavy atom. The minimum absolute atomic E-state index is 0.0368. The van der Waals surface area contributed by atoms with Gasteiger partial charge in [-0.05, 0) is 37.5 Å². The molecular formula is C14H21N3O3. The smallest absolute Gasteiger partial charge is 0.316 e. The summed E-state index contributed by atoms with van der Waals surface area (Å²) < 4.78 is 0. The maximum Gasteiger partial charge on any atom is 0.316 e. The van der Waals surface area contributed by atoms with Crippen molar-refractivity contribution in [2.45, 2.75) is 32.2 Å². The third-order valence-corrected chi connectivity index (χ3v) is 2.87. The van der Waals surface area contributed by atoms with Crippen LogP contribution in [-0.4, -0.2) is 23.7 Å². The van der Waals surface area contributed by atoms with E-state index in [2.05, 4.69) is 10.6 Å². The van der Waals surface area contributed by atoms with Gasteiger partial charge in [0.15, 0.2) is 0 Å². The molecule has 0 bridgehead atoms. The standard InChI is InChI=1S/C14H21N3O3/c1-10(16-13(19)4-2-3-9-18)11-5-7-12(8-6-11)17-14(15)20/h5-8,10,18H,2-4,9H2,1H3,(H,16,19)(H3,15,17,20). The fourth-order valence-corrected chi connectivity index (χ4v) is 1.79. The second kappa shape index (κ2) is 8.16. The number of primary amides is 1. The largest absolute Gasteiger partial charge is 0.396 e. The number of amides is 3. The summed E-state index contributed by atoms with van der Waals surface area (Å²) in [5, 5.41) is 14.0. The van der Waals surface area contributed by atoms with E-state index in [0.717, 1.165) is 5.56 Å². The lowest BCUT2D eigenvalue weighted by Gasteiger charge is -2.15. The second-order valence-electron chi connectivity index (χ2n) is 4.58. The zero-order valence-corrected chi connectivity index (χ0v) is 11.6. The van der Waals surface area contributed by atoms with Gasteiger partial charge in [-0.1, -0.05) is 12.1 Å². The number of nitrogens with one attached hydrogen (secondary N) is 2. The Labute approximate surface area is 118 Å². The number of urea groups is 1. The molecule has 1 atom stereocenters. The molecule has 0 fully saturated rings. The van der Waals surface area contributed by atoms with Crippen LogP contribution in [0.25, 0.3) is 0 Å². The van der Waals surface area contributed by atoms with Gasteiger partial charge in [-0.3, -0.25) is 4.79 Å². The van der Waals surface area contributed by atoms with E-state index >= 15 is 0 Å². The van der Waals surface area contributed by atoms with Gasteiger partial charge in [0.1, 0.15) is 0 Å². The van der Waals surface area contributed by atoms with Crippen LogP contribution in [0.4, 0.5) is 10.5 Å². The van der Waals surface area contributed by atoms with Gasteiger partial charge in [0.2, 0.25) is 5.91 Å². The summed E-state index contributed by atoms with van der Waals surface area (Å²) in [4.78, 5) is 22.3. The van der Waals surface area contributed by atoms with Crippen LogP contribution >= 0.6 is 0 Å². The molecule has 6 heteroatoms. The molecule has 0 spiro atoms. The molecule has 6 nitrogen and oxygen atoms in total. The molecule has 0 saturated heterocycles. The molecule has 5 N–H and O–H groups in total. The number of hydrogen-bond donors (Lipinski definition) is 4. The van der Waals surface area contributed by atoms with Gasteiger partial charge in [0.05, 0.1) is 6.04 Å². The number of carbonyl (C=O) groups is 2. The summed E-state index contributed by atoms with van der Waals surface area (Å²) >= 11 is 0. The van der Waals surface area contributed by atoms with Gasteiger partial charge in [0.25, 0.3) is 0 Å². The van der Waals surface area contributed by atoms with Crippen molar-refractivity contribution in [2.24, 2.45) is 5.73 Å². The lowest BCUT2D eigenvalue weighted by molar-refractivity contribution is -0.121. The topological polar surface area (TPSA) is 104 Å². The number of aliphatic hydroxyl groups excluding tert-OH is 1. The quantitative estimate of drug-likeness (QED) is 0.569. The monoisotopic (exact) mass is 279 g/mol. The summed E-state index contributed by atoms with van der Waals surface area (Å²) in [6.45, 7) is 2.00. The van der Waals surface area contributed by atoms with Gasteiger partial charge in [-0.25, -0.2) is 4.79 Å². The fraction of sp³-hybridized carbons (Fsp3) is 0.429. The minimum atomic E-state index is -0.608. The van der Waals surface area contributed by atoms with Gasteiger partial charge >= 0.3 is 6.03 Å². The average molecular weight is 279 g/mol. The predicted molar refractivity (Wildman–Crippen MR) is 77.1 cm³/mol. The van der Waals surface area contributed by atoms with Crippen molar-refractivity contribution in [3.05, 3.63) is 29.8 Å². The molecule has 0 radical (unpaired) electrons. The molecule has 1 aromatic rings. The predicted octanol–water partition coefficient (Wildman–Crippen LogP) is 1.52. The zero-order chi connectivity index (χ0) is 15.0. The Hall–Kier alpha value is -2.08. The second-order valence-corrected chi connectivity index (χ2v) is 4.58. The number of nitrogens with two attached hydrogens (primary N) is 1. The van der Waals surface area contributed by atoms with Crippen molar-refractivity contribution >= 4 is 17.6 Å². The van der Waals surface area contributed by atoms with Crippen LogP contribution < -0.4 is 16.4 Å². The van der Waals surface area contributed by atoms with E-state index in [-0.39, 0.29) is 18.6 Å². The number of unbranched alkanes of at least 4 members (excludes halogenated alkanes) is 1. The molecule has 3 amide bonds.